The molecule has 0 unspecified atom stereocenters. The number of hydrogen-bond donors (Lipinski definition) is 0. The molecule has 0 aliphatic rings. The standard InChI is InChI=1S/C19H16Br2F6O4/c1-28-9-30-15-5-3-11(7-13(15)20)17(18(22,23)24,19(25,26)27)12-4-6-16(14(21)8-12)31-10-29-2/h3-8H,9-10H2,1-2H3. The molecule has 0 saturated carbocycles. The Kier molecular flexibility index (Phi) is 8.28. The molecule has 0 fully saturated rings. The summed E-state index contributed by atoms with van der Waals surface area (Å²) in [5.41, 5.74) is -6.40. The SMILES string of the molecule is COCOc1ccc(C(c2ccc(OCOC)c(Br)c2)(C(F)(F)F)C(F)(F)F)cc1Br. The van der Waals surface area contributed by atoms with Gasteiger partial charge in [0.25, 0.3) is 0 Å². The Morgan fingerprint density at radius 1 is 0.677 bits per heavy atom. The average molecular weight is 582 g/mol. The smallest absolute Gasteiger partial charge is 0.411 e. The molecule has 172 valence electrons. The molecule has 0 heterocycles. The Bertz CT molecular complexity index is 828. The summed E-state index contributed by atoms with van der Waals surface area (Å²) < 4.78 is 105. The Hall–Kier alpha value is -1.50. The van der Waals surface area contributed by atoms with Crippen LogP contribution in [0.3, 0.4) is 0 Å². The van der Waals surface area contributed by atoms with Crippen molar-refractivity contribution in [2.24, 2.45) is 0 Å². The molecule has 4 nitrogen and oxygen atoms in total. The zero-order valence-corrected chi connectivity index (χ0v) is 19.2. The number of alkyl halides is 6. The first-order valence-electron chi connectivity index (χ1n) is 8.37. The van der Waals surface area contributed by atoms with Gasteiger partial charge in [0.05, 0.1) is 8.95 Å². The molecular formula is C19H16Br2F6O4. The minimum atomic E-state index is -5.73. The fourth-order valence-corrected chi connectivity index (χ4v) is 3.92. The first-order chi connectivity index (χ1) is 14.4. The van der Waals surface area contributed by atoms with Crippen molar-refractivity contribution in [3.63, 3.8) is 0 Å². The summed E-state index contributed by atoms with van der Waals surface area (Å²) in [4.78, 5) is 0. The molecule has 0 aliphatic carbocycles. The van der Waals surface area contributed by atoms with Crippen molar-refractivity contribution < 1.29 is 45.3 Å². The van der Waals surface area contributed by atoms with Crippen molar-refractivity contribution in [1.29, 1.82) is 0 Å². The van der Waals surface area contributed by atoms with Gasteiger partial charge >= 0.3 is 12.4 Å². The Balaban J connectivity index is 2.75. The number of methoxy groups -OCH3 is 2. The van der Waals surface area contributed by atoms with Crippen LogP contribution in [0.5, 0.6) is 11.5 Å². The summed E-state index contributed by atoms with van der Waals surface area (Å²) in [6, 6.07) is 4.93. The van der Waals surface area contributed by atoms with E-state index in [-0.39, 0.29) is 34.0 Å². The fourth-order valence-electron chi connectivity index (χ4n) is 2.93. The molecule has 0 amide bonds. The largest absolute Gasteiger partial charge is 0.466 e. The highest BCUT2D eigenvalue weighted by atomic mass is 79.9. The molecule has 0 aliphatic heterocycles. The fraction of sp³-hybridized carbons (Fsp3) is 0.368. The Labute approximate surface area is 190 Å². The molecule has 0 atom stereocenters. The maximum atomic E-state index is 14.3. The lowest BCUT2D eigenvalue weighted by atomic mass is 9.73. The van der Waals surface area contributed by atoms with Crippen molar-refractivity contribution in [2.75, 3.05) is 27.8 Å². The van der Waals surface area contributed by atoms with Crippen molar-refractivity contribution >= 4 is 31.9 Å². The molecule has 0 saturated heterocycles. The molecule has 0 radical (unpaired) electrons. The Morgan fingerprint density at radius 2 is 1.03 bits per heavy atom. The summed E-state index contributed by atoms with van der Waals surface area (Å²) in [5.74, 6) is 0.0432. The highest BCUT2D eigenvalue weighted by Gasteiger charge is 2.72. The summed E-state index contributed by atoms with van der Waals surface area (Å²) in [5, 5.41) is 0. The third kappa shape index (κ3) is 5.12. The Morgan fingerprint density at radius 3 is 1.29 bits per heavy atom. The van der Waals surface area contributed by atoms with Gasteiger partial charge in [-0.3, -0.25) is 0 Å². The lowest BCUT2D eigenvalue weighted by Crippen LogP contribution is -2.54. The van der Waals surface area contributed by atoms with Gasteiger partial charge in [0.15, 0.2) is 13.6 Å². The molecule has 0 spiro atoms. The lowest BCUT2D eigenvalue weighted by molar-refractivity contribution is -0.288. The summed E-state index contributed by atoms with van der Waals surface area (Å²) in [7, 11) is 2.64. The minimum Gasteiger partial charge on any atom is -0.466 e. The maximum Gasteiger partial charge on any atom is 0.411 e. The van der Waals surface area contributed by atoms with Crippen molar-refractivity contribution in [3.05, 3.63) is 56.5 Å². The summed E-state index contributed by atoms with van der Waals surface area (Å²) in [6.07, 6.45) is -11.5. The zero-order chi connectivity index (χ0) is 23.4. The third-order valence-corrected chi connectivity index (χ3v) is 5.48. The lowest BCUT2D eigenvalue weighted by Gasteiger charge is -2.38. The topological polar surface area (TPSA) is 36.9 Å². The van der Waals surface area contributed by atoms with Gasteiger partial charge in [-0.25, -0.2) is 0 Å². The van der Waals surface area contributed by atoms with Gasteiger partial charge in [0.1, 0.15) is 11.5 Å². The van der Waals surface area contributed by atoms with Gasteiger partial charge in [-0.15, -0.1) is 0 Å². The monoisotopic (exact) mass is 580 g/mol. The van der Waals surface area contributed by atoms with E-state index in [4.69, 9.17) is 18.9 Å². The number of rotatable bonds is 8. The molecule has 0 N–H and O–H groups in total. The van der Waals surface area contributed by atoms with E-state index in [1.165, 1.54) is 14.2 Å². The molecule has 0 bridgehead atoms. The predicted molar refractivity (Wildman–Crippen MR) is 106 cm³/mol. The number of hydrogen-bond acceptors (Lipinski definition) is 4. The van der Waals surface area contributed by atoms with E-state index >= 15 is 0 Å². The van der Waals surface area contributed by atoms with Gasteiger partial charge in [-0.2, -0.15) is 26.3 Å². The highest BCUT2D eigenvalue weighted by molar-refractivity contribution is 9.10. The van der Waals surface area contributed by atoms with Gasteiger partial charge in [-0.1, -0.05) is 12.1 Å². The first kappa shape index (κ1) is 25.8. The van der Waals surface area contributed by atoms with Crippen LogP contribution in [0, 0.1) is 0 Å². The van der Waals surface area contributed by atoms with Gasteiger partial charge in [-0.05, 0) is 67.3 Å². The average Bonchev–Trinajstić information content (AvgIpc) is 2.65. The second-order valence-electron chi connectivity index (χ2n) is 6.14. The van der Waals surface area contributed by atoms with Crippen molar-refractivity contribution in [3.8, 4) is 11.5 Å². The molecular weight excluding hydrogens is 566 g/mol. The normalized spacial score (nSPS) is 12.7. The van der Waals surface area contributed by atoms with E-state index in [1.54, 1.807) is 0 Å². The van der Waals surface area contributed by atoms with E-state index in [9.17, 15) is 26.3 Å². The first-order valence-corrected chi connectivity index (χ1v) is 9.95. The third-order valence-electron chi connectivity index (χ3n) is 4.24. The number of halogens is 8. The highest BCUT2D eigenvalue weighted by Crippen LogP contribution is 2.57. The van der Waals surface area contributed by atoms with Gasteiger partial charge in [0, 0.05) is 14.2 Å². The molecule has 2 aromatic rings. The molecule has 12 heteroatoms. The van der Waals surface area contributed by atoms with Crippen LogP contribution in [0.4, 0.5) is 26.3 Å². The number of ether oxygens (including phenoxy) is 4. The molecule has 2 rings (SSSR count). The van der Waals surface area contributed by atoms with Crippen molar-refractivity contribution in [1.82, 2.24) is 0 Å². The second-order valence-corrected chi connectivity index (χ2v) is 7.85. The summed E-state index contributed by atoms with van der Waals surface area (Å²) in [6.45, 7) is -0.477. The molecule has 0 aromatic heterocycles. The number of benzene rings is 2. The zero-order valence-electron chi connectivity index (χ0n) is 16.0. The van der Waals surface area contributed by atoms with Crippen molar-refractivity contribution in [2.45, 2.75) is 17.8 Å². The van der Waals surface area contributed by atoms with Gasteiger partial charge < -0.3 is 18.9 Å². The second kappa shape index (κ2) is 9.97. The van der Waals surface area contributed by atoms with Crippen LogP contribution in [-0.2, 0) is 14.9 Å². The van der Waals surface area contributed by atoms with Crippen LogP contribution < -0.4 is 9.47 Å². The molecule has 2 aromatic carbocycles. The van der Waals surface area contributed by atoms with Gasteiger partial charge in [0.2, 0.25) is 5.41 Å². The van der Waals surface area contributed by atoms with Crippen LogP contribution in [-0.4, -0.2) is 40.2 Å². The van der Waals surface area contributed by atoms with E-state index in [0.717, 1.165) is 36.4 Å². The van der Waals surface area contributed by atoms with Crippen LogP contribution in [0.25, 0.3) is 0 Å². The predicted octanol–water partition coefficient (Wildman–Crippen LogP) is 6.59. The maximum absolute atomic E-state index is 14.3. The van der Waals surface area contributed by atoms with E-state index in [2.05, 4.69) is 31.9 Å². The van der Waals surface area contributed by atoms with Crippen LogP contribution >= 0.6 is 31.9 Å². The quantitative estimate of drug-likeness (QED) is 0.260. The van der Waals surface area contributed by atoms with Crippen LogP contribution in [0.15, 0.2) is 45.3 Å². The van der Waals surface area contributed by atoms with E-state index < -0.39 is 28.9 Å². The molecule has 31 heavy (non-hydrogen) atoms. The van der Waals surface area contributed by atoms with E-state index in [1.807, 2.05) is 0 Å². The van der Waals surface area contributed by atoms with E-state index in [0.29, 0.717) is 0 Å². The van der Waals surface area contributed by atoms with Crippen LogP contribution in [0.2, 0.25) is 0 Å². The van der Waals surface area contributed by atoms with Crippen LogP contribution in [0.1, 0.15) is 11.1 Å². The minimum absolute atomic E-state index is 0.0216. The summed E-state index contributed by atoms with van der Waals surface area (Å²) >= 11 is 5.94.